The molecule has 0 saturated carbocycles. The number of rotatable bonds is 5. The second kappa shape index (κ2) is 10.0. The summed E-state index contributed by atoms with van der Waals surface area (Å²) in [6.45, 7) is 3.85. The second-order valence-corrected chi connectivity index (χ2v) is 8.98. The summed E-state index contributed by atoms with van der Waals surface area (Å²) in [4.78, 5) is 13.3. The van der Waals surface area contributed by atoms with Crippen molar-refractivity contribution in [1.29, 1.82) is 0 Å². The van der Waals surface area contributed by atoms with Crippen LogP contribution in [0.5, 0.6) is 0 Å². The van der Waals surface area contributed by atoms with Crippen molar-refractivity contribution < 1.29 is 4.79 Å². The van der Waals surface area contributed by atoms with Crippen LogP contribution >= 0.6 is 23.2 Å². The van der Waals surface area contributed by atoms with Crippen LogP contribution in [-0.4, -0.2) is 29.7 Å². The molecule has 2 atom stereocenters. The Morgan fingerprint density at radius 3 is 2.35 bits per heavy atom. The van der Waals surface area contributed by atoms with E-state index in [0.717, 1.165) is 43.6 Å². The van der Waals surface area contributed by atoms with Crippen molar-refractivity contribution >= 4 is 40.5 Å². The van der Waals surface area contributed by atoms with Gasteiger partial charge in [0.25, 0.3) is 5.91 Å². The first-order chi connectivity index (χ1) is 15.1. The third-order valence-corrected chi connectivity index (χ3v) is 6.63. The van der Waals surface area contributed by atoms with Gasteiger partial charge in [-0.25, -0.2) is 5.01 Å². The first kappa shape index (κ1) is 22.1. The van der Waals surface area contributed by atoms with Gasteiger partial charge in [0.1, 0.15) is 5.71 Å². The Labute approximate surface area is 194 Å². The van der Waals surface area contributed by atoms with E-state index in [-0.39, 0.29) is 17.9 Å². The third-order valence-electron chi connectivity index (χ3n) is 6.06. The topological polar surface area (TPSA) is 47.9 Å². The summed E-state index contributed by atoms with van der Waals surface area (Å²) < 4.78 is 0. The van der Waals surface area contributed by atoms with Crippen molar-refractivity contribution in [3.63, 3.8) is 0 Å². The number of halogens is 2. The van der Waals surface area contributed by atoms with Gasteiger partial charge in [-0.15, -0.1) is 0 Å². The maximum atomic E-state index is 13.3. The minimum absolute atomic E-state index is 0.0653. The summed E-state index contributed by atoms with van der Waals surface area (Å²) in [5, 5.41) is 10.1. The normalized spacial score (nSPS) is 22.2. The molecular weight excluding hydrogens is 431 g/mol. The molecule has 2 aromatic rings. The Morgan fingerprint density at radius 2 is 1.71 bits per heavy atom. The quantitative estimate of drug-likeness (QED) is 0.611. The highest BCUT2D eigenvalue weighted by Crippen LogP contribution is 2.43. The number of nitrogens with zero attached hydrogens (tertiary/aromatic N) is 3. The van der Waals surface area contributed by atoms with Crippen LogP contribution in [0.4, 0.5) is 5.69 Å². The van der Waals surface area contributed by atoms with E-state index in [9.17, 15) is 4.79 Å². The Kier molecular flexibility index (Phi) is 7.16. The Hall–Kier alpha value is -2.08. The van der Waals surface area contributed by atoms with E-state index in [1.54, 1.807) is 0 Å². The third kappa shape index (κ3) is 4.89. The molecule has 1 amide bonds. The van der Waals surface area contributed by atoms with E-state index < -0.39 is 0 Å². The summed E-state index contributed by atoms with van der Waals surface area (Å²) in [5.74, 6) is -0.188. The molecule has 4 rings (SSSR count). The van der Waals surface area contributed by atoms with E-state index in [0.29, 0.717) is 15.8 Å². The van der Waals surface area contributed by atoms with Gasteiger partial charge in [-0.2, -0.15) is 5.10 Å². The minimum atomic E-state index is -0.132. The molecule has 0 spiro atoms. The maximum Gasteiger partial charge on any atom is 0.282 e. The van der Waals surface area contributed by atoms with E-state index in [1.165, 1.54) is 12.8 Å². The molecule has 1 saturated heterocycles. The van der Waals surface area contributed by atoms with Crippen LogP contribution in [0.3, 0.4) is 0 Å². The van der Waals surface area contributed by atoms with Gasteiger partial charge in [-0.1, -0.05) is 67.2 Å². The molecule has 0 aliphatic carbocycles. The SMILES string of the molecule is CC[C@@H]1C(C(=O)NN2CCCCCC2)=NN(c2ccccc2Cl)[C@H]1c1ccc(Cl)cc1. The molecule has 7 heteroatoms. The molecule has 2 aliphatic heterocycles. The first-order valence-electron chi connectivity index (χ1n) is 11.0. The molecule has 2 heterocycles. The van der Waals surface area contributed by atoms with E-state index in [1.807, 2.05) is 58.5 Å². The van der Waals surface area contributed by atoms with Crippen LogP contribution in [0, 0.1) is 5.92 Å². The summed E-state index contributed by atoms with van der Waals surface area (Å²) in [6, 6.07) is 15.3. The average Bonchev–Trinajstić information content (AvgIpc) is 2.97. The number of nitrogens with one attached hydrogen (secondary N) is 1. The number of para-hydroxylation sites is 1. The molecule has 2 aliphatic rings. The van der Waals surface area contributed by atoms with Gasteiger partial charge in [0.2, 0.25) is 0 Å². The number of benzene rings is 2. The van der Waals surface area contributed by atoms with Crippen LogP contribution < -0.4 is 10.4 Å². The molecule has 1 fully saturated rings. The fraction of sp³-hybridized carbons (Fsp3) is 0.417. The molecule has 2 aromatic carbocycles. The van der Waals surface area contributed by atoms with Crippen LogP contribution in [0.15, 0.2) is 53.6 Å². The Bertz CT molecular complexity index is 939. The smallest absolute Gasteiger partial charge is 0.282 e. The van der Waals surface area contributed by atoms with E-state index in [4.69, 9.17) is 28.3 Å². The van der Waals surface area contributed by atoms with Crippen LogP contribution in [0.2, 0.25) is 10.0 Å². The number of hydrogen-bond donors (Lipinski definition) is 1. The zero-order valence-electron chi connectivity index (χ0n) is 17.7. The lowest BCUT2D eigenvalue weighted by Crippen LogP contribution is -2.47. The molecule has 1 N–H and O–H groups in total. The number of hydrazine groups is 1. The van der Waals surface area contributed by atoms with Crippen molar-refractivity contribution in [2.24, 2.45) is 11.0 Å². The predicted octanol–water partition coefficient (Wildman–Crippen LogP) is 5.84. The van der Waals surface area contributed by atoms with Crippen molar-refractivity contribution in [1.82, 2.24) is 10.4 Å². The fourth-order valence-electron chi connectivity index (χ4n) is 4.46. The number of anilines is 1. The van der Waals surface area contributed by atoms with Gasteiger partial charge in [0.05, 0.1) is 16.8 Å². The van der Waals surface area contributed by atoms with Crippen molar-refractivity contribution in [3.8, 4) is 0 Å². The fourth-order valence-corrected chi connectivity index (χ4v) is 4.81. The highest BCUT2D eigenvalue weighted by molar-refractivity contribution is 6.40. The lowest BCUT2D eigenvalue weighted by molar-refractivity contribution is -0.119. The van der Waals surface area contributed by atoms with Gasteiger partial charge >= 0.3 is 0 Å². The Morgan fingerprint density at radius 1 is 1.03 bits per heavy atom. The number of carbonyl (C=O) groups excluding carboxylic acids is 1. The standard InChI is InChI=1S/C24H28Cl2N4O/c1-2-19-22(24(31)28-29-15-7-3-4-8-16-29)27-30(21-10-6-5-9-20(21)26)23(19)17-11-13-18(25)14-12-17/h5-6,9-14,19,23H,2-4,7-8,15-16H2,1H3,(H,28,31)/t19-,23+/m1/s1. The van der Waals surface area contributed by atoms with Crippen molar-refractivity contribution in [3.05, 3.63) is 64.1 Å². The van der Waals surface area contributed by atoms with E-state index in [2.05, 4.69) is 12.3 Å². The number of carbonyl (C=O) groups is 1. The molecule has 5 nitrogen and oxygen atoms in total. The number of amides is 1. The zero-order chi connectivity index (χ0) is 21.8. The zero-order valence-corrected chi connectivity index (χ0v) is 19.2. The summed E-state index contributed by atoms with van der Waals surface area (Å²) in [5.41, 5.74) is 5.51. The minimum Gasteiger partial charge on any atom is -0.284 e. The van der Waals surface area contributed by atoms with Crippen LogP contribution in [0.1, 0.15) is 50.6 Å². The van der Waals surface area contributed by atoms with Crippen LogP contribution in [0.25, 0.3) is 0 Å². The lowest BCUT2D eigenvalue weighted by atomic mass is 9.87. The monoisotopic (exact) mass is 458 g/mol. The van der Waals surface area contributed by atoms with Crippen molar-refractivity contribution in [2.45, 2.75) is 45.1 Å². The van der Waals surface area contributed by atoms with Gasteiger partial charge in [-0.05, 0) is 49.1 Å². The lowest BCUT2D eigenvalue weighted by Gasteiger charge is -2.29. The molecule has 0 radical (unpaired) electrons. The van der Waals surface area contributed by atoms with Gasteiger partial charge in [0.15, 0.2) is 0 Å². The Balaban J connectivity index is 1.68. The number of hydrazone groups is 1. The molecule has 164 valence electrons. The molecule has 0 unspecified atom stereocenters. The first-order valence-corrected chi connectivity index (χ1v) is 11.8. The predicted molar refractivity (Wildman–Crippen MR) is 128 cm³/mol. The molecule has 0 aromatic heterocycles. The summed E-state index contributed by atoms with van der Waals surface area (Å²) in [7, 11) is 0. The largest absolute Gasteiger partial charge is 0.284 e. The van der Waals surface area contributed by atoms with Gasteiger partial charge in [-0.3, -0.25) is 15.2 Å². The van der Waals surface area contributed by atoms with Gasteiger partial charge < -0.3 is 0 Å². The highest BCUT2D eigenvalue weighted by Gasteiger charge is 2.41. The second-order valence-electron chi connectivity index (χ2n) is 8.13. The molecule has 0 bridgehead atoms. The summed E-state index contributed by atoms with van der Waals surface area (Å²) in [6.07, 6.45) is 5.40. The van der Waals surface area contributed by atoms with E-state index >= 15 is 0 Å². The maximum absolute atomic E-state index is 13.3. The van der Waals surface area contributed by atoms with Crippen molar-refractivity contribution in [2.75, 3.05) is 18.1 Å². The van der Waals surface area contributed by atoms with Crippen LogP contribution in [-0.2, 0) is 4.79 Å². The average molecular weight is 459 g/mol. The van der Waals surface area contributed by atoms with Gasteiger partial charge in [0, 0.05) is 24.0 Å². The number of hydrogen-bond acceptors (Lipinski definition) is 4. The highest BCUT2D eigenvalue weighted by atomic mass is 35.5. The molecule has 31 heavy (non-hydrogen) atoms. The molecular formula is C24H28Cl2N4O. The summed E-state index contributed by atoms with van der Waals surface area (Å²) >= 11 is 12.7.